The van der Waals surface area contributed by atoms with E-state index in [1.807, 2.05) is 0 Å². The van der Waals surface area contributed by atoms with Crippen molar-refractivity contribution in [2.24, 2.45) is 0 Å². The van der Waals surface area contributed by atoms with Gasteiger partial charge in [0.15, 0.2) is 11.6 Å². The van der Waals surface area contributed by atoms with Gasteiger partial charge in [-0.3, -0.25) is 9.59 Å². The highest BCUT2D eigenvalue weighted by molar-refractivity contribution is 6.21. The summed E-state index contributed by atoms with van der Waals surface area (Å²) in [6.45, 7) is 2.87. The average Bonchev–Trinajstić information content (AvgIpc) is 2.29. The number of carbonyl (C=O) groups excluding carboxylic acids is 2. The van der Waals surface area contributed by atoms with Crippen LogP contribution in [0, 0.1) is 0 Å². The Bertz CT molecular complexity index is 617. The molecule has 2 aromatic carbocycles. The second kappa shape index (κ2) is 4.14. The Morgan fingerprint density at radius 3 is 1.44 bits per heavy atom. The van der Waals surface area contributed by atoms with E-state index in [9.17, 15) is 9.59 Å². The SMILES string of the molecule is CC(=O)c1c(N)c(N)c(C(C)=O)c2ccccc12. The summed E-state index contributed by atoms with van der Waals surface area (Å²) in [6, 6.07) is 7.14. The van der Waals surface area contributed by atoms with Crippen molar-refractivity contribution in [3.63, 3.8) is 0 Å². The van der Waals surface area contributed by atoms with Crippen molar-refractivity contribution in [3.05, 3.63) is 35.4 Å². The van der Waals surface area contributed by atoms with Gasteiger partial charge in [-0.15, -0.1) is 0 Å². The molecule has 4 heteroatoms. The summed E-state index contributed by atoms with van der Waals surface area (Å²) < 4.78 is 0. The summed E-state index contributed by atoms with van der Waals surface area (Å²) in [4.78, 5) is 23.4. The zero-order chi connectivity index (χ0) is 13.4. The first kappa shape index (κ1) is 12.1. The van der Waals surface area contributed by atoms with Gasteiger partial charge in [-0.2, -0.15) is 0 Å². The van der Waals surface area contributed by atoms with E-state index in [1.54, 1.807) is 24.3 Å². The third-order valence-corrected chi connectivity index (χ3v) is 3.00. The van der Waals surface area contributed by atoms with Gasteiger partial charge in [0.2, 0.25) is 0 Å². The number of fused-ring (bicyclic) bond motifs is 1. The molecule has 0 fully saturated rings. The van der Waals surface area contributed by atoms with Gasteiger partial charge in [0, 0.05) is 0 Å². The molecular formula is C14H14N2O2. The maximum atomic E-state index is 11.7. The van der Waals surface area contributed by atoms with Crippen molar-refractivity contribution in [2.75, 3.05) is 11.5 Å². The average molecular weight is 242 g/mol. The second-order valence-electron chi connectivity index (χ2n) is 4.24. The Morgan fingerprint density at radius 1 is 0.833 bits per heavy atom. The molecule has 0 saturated carbocycles. The van der Waals surface area contributed by atoms with Gasteiger partial charge in [0.05, 0.1) is 22.5 Å². The molecule has 0 heterocycles. The Balaban J connectivity index is 3.07. The van der Waals surface area contributed by atoms with Gasteiger partial charge in [-0.05, 0) is 24.6 Å². The maximum absolute atomic E-state index is 11.7. The van der Waals surface area contributed by atoms with Crippen molar-refractivity contribution >= 4 is 33.7 Å². The third-order valence-electron chi connectivity index (χ3n) is 3.00. The highest BCUT2D eigenvalue weighted by Gasteiger charge is 2.19. The number of ketones is 2. The van der Waals surface area contributed by atoms with Crippen LogP contribution in [0.1, 0.15) is 34.6 Å². The van der Waals surface area contributed by atoms with Crippen molar-refractivity contribution in [1.29, 1.82) is 0 Å². The Hall–Kier alpha value is -2.36. The Morgan fingerprint density at radius 2 is 1.17 bits per heavy atom. The fourth-order valence-electron chi connectivity index (χ4n) is 2.24. The fraction of sp³-hybridized carbons (Fsp3) is 0.143. The van der Waals surface area contributed by atoms with E-state index >= 15 is 0 Å². The zero-order valence-corrected chi connectivity index (χ0v) is 10.3. The predicted octanol–water partition coefficient (Wildman–Crippen LogP) is 2.41. The van der Waals surface area contributed by atoms with Gasteiger partial charge < -0.3 is 11.5 Å². The van der Waals surface area contributed by atoms with E-state index in [0.29, 0.717) is 21.9 Å². The molecule has 4 nitrogen and oxygen atoms in total. The van der Waals surface area contributed by atoms with E-state index in [1.165, 1.54) is 13.8 Å². The molecule has 2 aromatic rings. The quantitative estimate of drug-likeness (QED) is 0.625. The molecule has 0 spiro atoms. The van der Waals surface area contributed by atoms with Crippen LogP contribution in [0.3, 0.4) is 0 Å². The minimum atomic E-state index is -0.162. The van der Waals surface area contributed by atoms with E-state index in [0.717, 1.165) is 0 Å². The molecule has 0 bridgehead atoms. The van der Waals surface area contributed by atoms with Gasteiger partial charge in [-0.25, -0.2) is 0 Å². The first-order chi connectivity index (χ1) is 8.45. The summed E-state index contributed by atoms with van der Waals surface area (Å²) in [6.07, 6.45) is 0. The number of hydrogen-bond acceptors (Lipinski definition) is 4. The van der Waals surface area contributed by atoms with Crippen LogP contribution in [-0.2, 0) is 0 Å². The molecule has 92 valence electrons. The number of anilines is 2. The predicted molar refractivity (Wildman–Crippen MR) is 72.8 cm³/mol. The molecular weight excluding hydrogens is 228 g/mol. The molecule has 4 N–H and O–H groups in total. The standard InChI is InChI=1S/C14H14N2O2/c1-7(17)11-9-5-3-4-6-10(9)12(8(2)18)14(16)13(11)15/h3-6H,15-16H2,1-2H3. The molecule has 2 rings (SSSR count). The van der Waals surface area contributed by atoms with Crippen LogP contribution < -0.4 is 11.5 Å². The lowest BCUT2D eigenvalue weighted by Crippen LogP contribution is -2.10. The van der Waals surface area contributed by atoms with Crippen LogP contribution in [0.2, 0.25) is 0 Å². The van der Waals surface area contributed by atoms with Crippen LogP contribution in [-0.4, -0.2) is 11.6 Å². The minimum Gasteiger partial charge on any atom is -0.396 e. The van der Waals surface area contributed by atoms with E-state index < -0.39 is 0 Å². The molecule has 0 aliphatic rings. The molecule has 0 aromatic heterocycles. The Labute approximate surface area is 105 Å². The lowest BCUT2D eigenvalue weighted by atomic mass is 9.92. The number of rotatable bonds is 2. The van der Waals surface area contributed by atoms with Gasteiger partial charge in [-0.1, -0.05) is 24.3 Å². The number of nitrogen functional groups attached to an aromatic ring is 2. The smallest absolute Gasteiger partial charge is 0.162 e. The van der Waals surface area contributed by atoms with Gasteiger partial charge in [0.1, 0.15) is 0 Å². The topological polar surface area (TPSA) is 86.2 Å². The molecule has 0 atom stereocenters. The summed E-state index contributed by atoms with van der Waals surface area (Å²) in [7, 11) is 0. The first-order valence-corrected chi connectivity index (χ1v) is 5.56. The summed E-state index contributed by atoms with van der Waals surface area (Å²) in [5, 5.41) is 1.34. The monoisotopic (exact) mass is 242 g/mol. The van der Waals surface area contributed by atoms with E-state index in [4.69, 9.17) is 11.5 Å². The largest absolute Gasteiger partial charge is 0.396 e. The van der Waals surface area contributed by atoms with Crippen molar-refractivity contribution in [1.82, 2.24) is 0 Å². The maximum Gasteiger partial charge on any atom is 0.162 e. The molecule has 0 amide bonds. The van der Waals surface area contributed by atoms with Crippen molar-refractivity contribution in [2.45, 2.75) is 13.8 Å². The lowest BCUT2D eigenvalue weighted by Gasteiger charge is -2.14. The number of nitrogens with two attached hydrogens (primary N) is 2. The van der Waals surface area contributed by atoms with Crippen molar-refractivity contribution < 1.29 is 9.59 Å². The number of hydrogen-bond donors (Lipinski definition) is 2. The van der Waals surface area contributed by atoms with E-state index in [-0.39, 0.29) is 22.9 Å². The summed E-state index contributed by atoms with van der Waals surface area (Å²) in [5.41, 5.74) is 12.9. The molecule has 0 radical (unpaired) electrons. The fourth-order valence-corrected chi connectivity index (χ4v) is 2.24. The molecule has 0 aliphatic heterocycles. The normalized spacial score (nSPS) is 10.6. The molecule has 18 heavy (non-hydrogen) atoms. The van der Waals surface area contributed by atoms with Crippen LogP contribution in [0.5, 0.6) is 0 Å². The number of benzene rings is 2. The third kappa shape index (κ3) is 1.62. The molecule has 0 unspecified atom stereocenters. The second-order valence-corrected chi connectivity index (χ2v) is 4.24. The highest BCUT2D eigenvalue weighted by atomic mass is 16.1. The summed E-state index contributed by atoms with van der Waals surface area (Å²) >= 11 is 0. The van der Waals surface area contributed by atoms with E-state index in [2.05, 4.69) is 0 Å². The highest BCUT2D eigenvalue weighted by Crippen LogP contribution is 2.35. The Kier molecular flexibility index (Phi) is 2.79. The van der Waals surface area contributed by atoms with Crippen LogP contribution in [0.25, 0.3) is 10.8 Å². The van der Waals surface area contributed by atoms with Crippen molar-refractivity contribution in [3.8, 4) is 0 Å². The molecule has 0 aliphatic carbocycles. The summed E-state index contributed by atoms with van der Waals surface area (Å²) in [5.74, 6) is -0.323. The van der Waals surface area contributed by atoms with Gasteiger partial charge >= 0.3 is 0 Å². The number of carbonyl (C=O) groups is 2. The van der Waals surface area contributed by atoms with Gasteiger partial charge in [0.25, 0.3) is 0 Å². The lowest BCUT2D eigenvalue weighted by molar-refractivity contribution is 0.100. The van der Waals surface area contributed by atoms with Crippen LogP contribution in [0.4, 0.5) is 11.4 Å². The minimum absolute atomic E-state index is 0.162. The first-order valence-electron chi connectivity index (χ1n) is 5.56. The van der Waals surface area contributed by atoms with Crippen LogP contribution in [0.15, 0.2) is 24.3 Å². The van der Waals surface area contributed by atoms with Crippen LogP contribution >= 0.6 is 0 Å². The number of Topliss-reactive ketones (excluding diaryl/α,β-unsaturated/α-hetero) is 2. The molecule has 0 saturated heterocycles. The zero-order valence-electron chi connectivity index (χ0n) is 10.3.